The Morgan fingerprint density at radius 2 is 2.15 bits per heavy atom. The van der Waals surface area contributed by atoms with E-state index >= 15 is 0 Å². The molecule has 2 rings (SSSR count). The molecule has 0 aromatic carbocycles. The molecule has 2 aliphatic rings. The Morgan fingerprint density at radius 1 is 1.45 bits per heavy atom. The first-order valence-corrected chi connectivity index (χ1v) is 6.92. The average molecular weight is 283 g/mol. The lowest BCUT2D eigenvalue weighted by atomic mass is 10.1. The van der Waals surface area contributed by atoms with E-state index in [-0.39, 0.29) is 24.5 Å². The maximum Gasteiger partial charge on any atom is 0.319 e. The zero-order chi connectivity index (χ0) is 14.9. The smallest absolute Gasteiger partial charge is 0.319 e. The molecule has 0 bridgehead atoms. The van der Waals surface area contributed by atoms with Crippen LogP contribution in [0.15, 0.2) is 0 Å². The summed E-state index contributed by atoms with van der Waals surface area (Å²) in [6, 6.07) is -0.0254. The number of hydrogen-bond donors (Lipinski definition) is 1. The van der Waals surface area contributed by atoms with Crippen LogP contribution in [0.4, 0.5) is 4.79 Å². The van der Waals surface area contributed by atoms with Crippen molar-refractivity contribution in [1.29, 1.82) is 0 Å². The zero-order valence-corrected chi connectivity index (χ0v) is 11.9. The molecule has 2 atom stereocenters. The van der Waals surface area contributed by atoms with Crippen LogP contribution in [-0.2, 0) is 9.59 Å². The van der Waals surface area contributed by atoms with Crippen LogP contribution in [-0.4, -0.2) is 77.0 Å². The maximum absolute atomic E-state index is 12.3. The molecule has 2 heterocycles. The van der Waals surface area contributed by atoms with Crippen LogP contribution in [0.2, 0.25) is 0 Å². The number of nitrogens with zero attached hydrogens (tertiary/aromatic N) is 3. The number of carboxylic acids is 1. The minimum absolute atomic E-state index is 0.130. The minimum atomic E-state index is -0.907. The average Bonchev–Trinajstić information content (AvgIpc) is 2.78. The standard InChI is InChI=1S/C13H21N3O4/c1-9(12(18)19)7-14(2)13(20)15-5-6-16-10(8-15)3-4-11(16)17/h9-10H,3-8H2,1-2H3,(H,18,19). The topological polar surface area (TPSA) is 81.2 Å². The first kappa shape index (κ1) is 14.6. The number of carbonyl (C=O) groups excluding carboxylic acids is 2. The van der Waals surface area contributed by atoms with Crippen LogP contribution in [0, 0.1) is 5.92 Å². The maximum atomic E-state index is 12.3. The van der Waals surface area contributed by atoms with E-state index in [1.807, 2.05) is 4.90 Å². The van der Waals surface area contributed by atoms with Gasteiger partial charge in [-0.1, -0.05) is 6.92 Å². The molecule has 0 aromatic rings. The molecule has 2 aliphatic heterocycles. The highest BCUT2D eigenvalue weighted by Crippen LogP contribution is 2.23. The molecule has 3 amide bonds. The number of rotatable bonds is 3. The van der Waals surface area contributed by atoms with E-state index in [1.165, 1.54) is 4.90 Å². The number of amides is 3. The van der Waals surface area contributed by atoms with Crippen LogP contribution < -0.4 is 0 Å². The van der Waals surface area contributed by atoms with Gasteiger partial charge in [0.15, 0.2) is 0 Å². The van der Waals surface area contributed by atoms with E-state index in [2.05, 4.69) is 0 Å². The second kappa shape index (κ2) is 5.68. The molecular formula is C13H21N3O4. The Balaban J connectivity index is 1.90. The monoisotopic (exact) mass is 283 g/mol. The summed E-state index contributed by atoms with van der Waals surface area (Å²) in [5.74, 6) is -1.32. The highest BCUT2D eigenvalue weighted by molar-refractivity contribution is 5.80. The second-order valence-electron chi connectivity index (χ2n) is 5.63. The first-order valence-electron chi connectivity index (χ1n) is 6.92. The van der Waals surface area contributed by atoms with Crippen molar-refractivity contribution in [3.63, 3.8) is 0 Å². The molecule has 0 aromatic heterocycles. The second-order valence-corrected chi connectivity index (χ2v) is 5.63. The predicted octanol–water partition coefficient (Wildman–Crippen LogP) is 0.0655. The third-order valence-corrected chi connectivity index (χ3v) is 4.06. The number of urea groups is 1. The van der Waals surface area contributed by atoms with Gasteiger partial charge >= 0.3 is 12.0 Å². The number of piperazine rings is 1. The van der Waals surface area contributed by atoms with Crippen LogP contribution >= 0.6 is 0 Å². The van der Waals surface area contributed by atoms with E-state index in [4.69, 9.17) is 5.11 Å². The molecule has 0 radical (unpaired) electrons. The van der Waals surface area contributed by atoms with Gasteiger partial charge in [0, 0.05) is 45.7 Å². The fourth-order valence-electron chi connectivity index (χ4n) is 2.85. The van der Waals surface area contributed by atoms with E-state index in [0.29, 0.717) is 26.1 Å². The summed E-state index contributed by atoms with van der Waals surface area (Å²) >= 11 is 0. The van der Waals surface area contributed by atoms with Gasteiger partial charge in [0.1, 0.15) is 0 Å². The van der Waals surface area contributed by atoms with E-state index < -0.39 is 11.9 Å². The lowest BCUT2D eigenvalue weighted by Crippen LogP contribution is -2.56. The van der Waals surface area contributed by atoms with Crippen LogP contribution in [0.5, 0.6) is 0 Å². The first-order chi connectivity index (χ1) is 9.40. The summed E-state index contributed by atoms with van der Waals surface area (Å²) < 4.78 is 0. The van der Waals surface area contributed by atoms with Crippen molar-refractivity contribution < 1.29 is 19.5 Å². The largest absolute Gasteiger partial charge is 0.481 e. The molecule has 112 valence electrons. The van der Waals surface area contributed by atoms with E-state index in [0.717, 1.165) is 6.42 Å². The van der Waals surface area contributed by atoms with Crippen molar-refractivity contribution in [3.8, 4) is 0 Å². The summed E-state index contributed by atoms with van der Waals surface area (Å²) in [4.78, 5) is 39.7. The molecule has 7 heteroatoms. The molecule has 7 nitrogen and oxygen atoms in total. The van der Waals surface area contributed by atoms with Gasteiger partial charge in [-0.3, -0.25) is 9.59 Å². The number of carboxylic acid groups (broad SMARTS) is 1. The molecule has 2 unspecified atom stereocenters. The summed E-state index contributed by atoms with van der Waals surface area (Å²) in [7, 11) is 1.62. The van der Waals surface area contributed by atoms with Crippen LogP contribution in [0.3, 0.4) is 0 Å². The number of hydrogen-bond acceptors (Lipinski definition) is 3. The van der Waals surface area contributed by atoms with Gasteiger partial charge in [0.05, 0.1) is 5.92 Å². The van der Waals surface area contributed by atoms with Crippen molar-refractivity contribution in [2.45, 2.75) is 25.8 Å². The minimum Gasteiger partial charge on any atom is -0.481 e. The Kier molecular flexibility index (Phi) is 4.15. The summed E-state index contributed by atoms with van der Waals surface area (Å²) in [6.45, 7) is 3.43. The van der Waals surface area contributed by atoms with Gasteiger partial charge in [-0.2, -0.15) is 0 Å². The lowest BCUT2D eigenvalue weighted by molar-refractivity contribution is -0.141. The number of aliphatic carboxylic acids is 1. The third-order valence-electron chi connectivity index (χ3n) is 4.06. The molecule has 1 N–H and O–H groups in total. The molecule has 2 fully saturated rings. The van der Waals surface area contributed by atoms with E-state index in [9.17, 15) is 14.4 Å². The van der Waals surface area contributed by atoms with Crippen molar-refractivity contribution in [3.05, 3.63) is 0 Å². The van der Waals surface area contributed by atoms with Gasteiger partial charge in [0.2, 0.25) is 5.91 Å². The highest BCUT2D eigenvalue weighted by Gasteiger charge is 2.37. The van der Waals surface area contributed by atoms with Crippen molar-refractivity contribution in [1.82, 2.24) is 14.7 Å². The zero-order valence-electron chi connectivity index (χ0n) is 11.9. The molecule has 0 aliphatic carbocycles. The summed E-state index contributed by atoms with van der Waals surface area (Å²) in [5, 5.41) is 8.88. The Bertz CT molecular complexity index is 426. The fourth-order valence-corrected chi connectivity index (χ4v) is 2.85. The molecular weight excluding hydrogens is 262 g/mol. The fraction of sp³-hybridized carbons (Fsp3) is 0.769. The van der Waals surface area contributed by atoms with Gasteiger partial charge in [0.25, 0.3) is 0 Å². The normalized spacial score (nSPS) is 23.5. The number of carbonyl (C=O) groups is 3. The van der Waals surface area contributed by atoms with Gasteiger partial charge in [-0.15, -0.1) is 0 Å². The third kappa shape index (κ3) is 2.86. The summed E-state index contributed by atoms with van der Waals surface area (Å²) in [6.07, 6.45) is 1.37. The molecule has 2 saturated heterocycles. The van der Waals surface area contributed by atoms with Crippen molar-refractivity contribution >= 4 is 17.9 Å². The van der Waals surface area contributed by atoms with Gasteiger partial charge in [-0.05, 0) is 6.42 Å². The summed E-state index contributed by atoms with van der Waals surface area (Å²) in [5.41, 5.74) is 0. The molecule has 0 saturated carbocycles. The van der Waals surface area contributed by atoms with Crippen LogP contribution in [0.1, 0.15) is 19.8 Å². The van der Waals surface area contributed by atoms with E-state index in [1.54, 1.807) is 18.9 Å². The highest BCUT2D eigenvalue weighted by atomic mass is 16.4. The SMILES string of the molecule is CC(CN(C)C(=O)N1CCN2C(=O)CCC2C1)C(=O)O. The van der Waals surface area contributed by atoms with Crippen molar-refractivity contribution in [2.24, 2.45) is 5.92 Å². The Labute approximate surface area is 118 Å². The molecule has 0 spiro atoms. The van der Waals surface area contributed by atoms with Crippen LogP contribution in [0.25, 0.3) is 0 Å². The molecule has 20 heavy (non-hydrogen) atoms. The van der Waals surface area contributed by atoms with Crippen molar-refractivity contribution in [2.75, 3.05) is 33.2 Å². The van der Waals surface area contributed by atoms with Gasteiger partial charge in [-0.25, -0.2) is 4.79 Å². The number of fused-ring (bicyclic) bond motifs is 1. The Hall–Kier alpha value is -1.79. The lowest BCUT2D eigenvalue weighted by Gasteiger charge is -2.39. The quantitative estimate of drug-likeness (QED) is 0.794. The van der Waals surface area contributed by atoms with Gasteiger partial charge < -0.3 is 19.8 Å². The predicted molar refractivity (Wildman–Crippen MR) is 71.1 cm³/mol. The Morgan fingerprint density at radius 3 is 2.80 bits per heavy atom.